The predicted molar refractivity (Wildman–Crippen MR) is 108 cm³/mol. The van der Waals surface area contributed by atoms with Crippen LogP contribution in [0.3, 0.4) is 0 Å². The first-order chi connectivity index (χ1) is 13.6. The molecular weight excluding hydrogens is 377 g/mol. The Bertz CT molecular complexity index is 1090. The van der Waals surface area contributed by atoms with Gasteiger partial charge in [-0.2, -0.15) is 5.26 Å². The number of hydrogen-bond donors (Lipinski definition) is 1. The first kappa shape index (κ1) is 18.4. The Kier molecular flexibility index (Phi) is 4.97. The van der Waals surface area contributed by atoms with Gasteiger partial charge in [0.1, 0.15) is 17.2 Å². The number of fused-ring (bicyclic) bond motifs is 2. The maximum Gasteiger partial charge on any atom is 0.268 e. The largest absolute Gasteiger partial charge is 0.455 e. The Morgan fingerprint density at radius 1 is 1.29 bits per heavy atom. The quantitative estimate of drug-likeness (QED) is 0.389. The number of benzene rings is 2. The van der Waals surface area contributed by atoms with Crippen molar-refractivity contribution in [1.29, 1.82) is 5.26 Å². The summed E-state index contributed by atoms with van der Waals surface area (Å²) in [4.78, 5) is 12.7. The van der Waals surface area contributed by atoms with E-state index in [-0.39, 0.29) is 5.82 Å². The van der Waals surface area contributed by atoms with Crippen LogP contribution in [0, 0.1) is 17.3 Å². The maximum atomic E-state index is 13.4. The Hall–Kier alpha value is -2.98. The third-order valence-corrected chi connectivity index (χ3v) is 5.76. The van der Waals surface area contributed by atoms with E-state index in [9.17, 15) is 9.18 Å². The Balaban J connectivity index is 1.96. The van der Waals surface area contributed by atoms with Crippen LogP contribution in [0.1, 0.15) is 28.8 Å². The smallest absolute Gasteiger partial charge is 0.268 e. The van der Waals surface area contributed by atoms with Gasteiger partial charge in [-0.05, 0) is 55.2 Å². The number of nitriles is 1. The van der Waals surface area contributed by atoms with E-state index in [1.807, 2.05) is 18.4 Å². The SMILES string of the molecule is CSN1CCCCc2cc3c(C(=O)NC#N)c(-c4ccc(F)cc4)oc3cc21. The van der Waals surface area contributed by atoms with Gasteiger partial charge in [-0.15, -0.1) is 0 Å². The van der Waals surface area contributed by atoms with Gasteiger partial charge in [0.15, 0.2) is 6.19 Å². The first-order valence-corrected chi connectivity index (χ1v) is 10.2. The van der Waals surface area contributed by atoms with E-state index < -0.39 is 5.91 Å². The fourth-order valence-corrected chi connectivity index (χ4v) is 4.31. The standard InChI is InChI=1S/C21H18FN3O2S/c1-28-25-9-3-2-4-14-10-16-18(11-17(14)25)27-20(19(16)21(26)24-12-23)13-5-7-15(22)8-6-13/h5-8,10-11H,2-4,9H2,1H3,(H,24,26). The number of carbonyl (C=O) groups excluding carboxylic acids is 1. The van der Waals surface area contributed by atoms with Crippen molar-refractivity contribution < 1.29 is 13.6 Å². The van der Waals surface area contributed by atoms with Crippen LogP contribution in [-0.4, -0.2) is 18.7 Å². The third kappa shape index (κ3) is 3.20. The summed E-state index contributed by atoms with van der Waals surface area (Å²) in [5.74, 6) is -0.570. The summed E-state index contributed by atoms with van der Waals surface area (Å²) in [5.41, 5.74) is 3.69. The van der Waals surface area contributed by atoms with Crippen molar-refractivity contribution in [2.75, 3.05) is 17.1 Å². The lowest BCUT2D eigenvalue weighted by Crippen LogP contribution is -2.18. The van der Waals surface area contributed by atoms with Gasteiger partial charge in [0.2, 0.25) is 0 Å². The van der Waals surface area contributed by atoms with Gasteiger partial charge in [0, 0.05) is 29.8 Å². The molecule has 4 rings (SSSR count). The molecular formula is C21H18FN3O2S. The second kappa shape index (κ2) is 7.56. The molecule has 1 N–H and O–H groups in total. The fraction of sp³-hybridized carbons (Fsp3) is 0.238. The average molecular weight is 395 g/mol. The molecule has 1 aliphatic heterocycles. The predicted octanol–water partition coefficient (Wildman–Crippen LogP) is 4.87. The highest BCUT2D eigenvalue weighted by Gasteiger charge is 2.25. The zero-order chi connectivity index (χ0) is 19.7. The van der Waals surface area contributed by atoms with Crippen LogP contribution in [0.5, 0.6) is 0 Å². The summed E-state index contributed by atoms with van der Waals surface area (Å²) in [6.45, 7) is 0.951. The van der Waals surface area contributed by atoms with E-state index in [1.54, 1.807) is 30.3 Å². The van der Waals surface area contributed by atoms with Crippen molar-refractivity contribution in [3.05, 3.63) is 53.3 Å². The van der Waals surface area contributed by atoms with Crippen LogP contribution >= 0.6 is 11.9 Å². The van der Waals surface area contributed by atoms with Crippen LogP contribution in [0.4, 0.5) is 10.1 Å². The van der Waals surface area contributed by atoms with Crippen LogP contribution in [0.25, 0.3) is 22.3 Å². The Morgan fingerprint density at radius 2 is 2.07 bits per heavy atom. The number of aryl methyl sites for hydroxylation is 1. The molecule has 0 unspecified atom stereocenters. The summed E-state index contributed by atoms with van der Waals surface area (Å²) in [5, 5.41) is 11.8. The summed E-state index contributed by atoms with van der Waals surface area (Å²) < 4.78 is 21.6. The van der Waals surface area contributed by atoms with E-state index in [0.29, 0.717) is 27.9 Å². The highest BCUT2D eigenvalue weighted by Crippen LogP contribution is 2.39. The minimum absolute atomic E-state index is 0.297. The highest BCUT2D eigenvalue weighted by molar-refractivity contribution is 7.99. The van der Waals surface area contributed by atoms with E-state index in [1.165, 1.54) is 12.1 Å². The van der Waals surface area contributed by atoms with Crippen molar-refractivity contribution in [2.45, 2.75) is 19.3 Å². The second-order valence-corrected chi connectivity index (χ2v) is 7.40. The molecule has 0 aliphatic carbocycles. The van der Waals surface area contributed by atoms with Crippen LogP contribution < -0.4 is 9.62 Å². The minimum Gasteiger partial charge on any atom is -0.455 e. The number of carbonyl (C=O) groups is 1. The van der Waals surface area contributed by atoms with Gasteiger partial charge in [-0.25, -0.2) is 4.39 Å². The minimum atomic E-state index is -0.532. The number of nitrogens with zero attached hydrogens (tertiary/aromatic N) is 2. The fourth-order valence-electron chi connectivity index (χ4n) is 3.63. The molecule has 5 nitrogen and oxygen atoms in total. The zero-order valence-electron chi connectivity index (χ0n) is 15.3. The van der Waals surface area contributed by atoms with Gasteiger partial charge >= 0.3 is 0 Å². The number of amides is 1. The molecule has 3 aromatic rings. The van der Waals surface area contributed by atoms with Crippen molar-refractivity contribution in [3.8, 4) is 17.5 Å². The van der Waals surface area contributed by atoms with Gasteiger partial charge in [-0.1, -0.05) is 11.9 Å². The van der Waals surface area contributed by atoms with Crippen LogP contribution in [0.2, 0.25) is 0 Å². The molecule has 1 aliphatic rings. The summed E-state index contributed by atoms with van der Waals surface area (Å²) in [6, 6.07) is 9.72. The molecule has 1 aromatic heterocycles. The van der Waals surface area contributed by atoms with Crippen molar-refractivity contribution in [2.24, 2.45) is 0 Å². The normalized spacial score (nSPS) is 13.7. The molecule has 1 amide bonds. The van der Waals surface area contributed by atoms with Crippen molar-refractivity contribution >= 4 is 34.5 Å². The summed E-state index contributed by atoms with van der Waals surface area (Å²) in [6.07, 6.45) is 6.80. The number of anilines is 1. The van der Waals surface area contributed by atoms with E-state index in [4.69, 9.17) is 9.68 Å². The average Bonchev–Trinajstić information content (AvgIpc) is 2.94. The topological polar surface area (TPSA) is 69.3 Å². The first-order valence-electron chi connectivity index (χ1n) is 8.99. The van der Waals surface area contributed by atoms with Crippen LogP contribution in [-0.2, 0) is 6.42 Å². The number of halogens is 1. The summed E-state index contributed by atoms with van der Waals surface area (Å²) >= 11 is 1.66. The number of furan rings is 1. The van der Waals surface area contributed by atoms with E-state index in [0.717, 1.165) is 37.1 Å². The zero-order valence-corrected chi connectivity index (χ0v) is 16.1. The molecule has 0 spiro atoms. The second-order valence-electron chi connectivity index (χ2n) is 6.60. The van der Waals surface area contributed by atoms with Crippen molar-refractivity contribution in [1.82, 2.24) is 5.32 Å². The summed E-state index contributed by atoms with van der Waals surface area (Å²) in [7, 11) is 0. The molecule has 142 valence electrons. The third-order valence-electron chi connectivity index (χ3n) is 4.94. The van der Waals surface area contributed by atoms with Gasteiger partial charge in [-0.3, -0.25) is 10.1 Å². The van der Waals surface area contributed by atoms with Crippen molar-refractivity contribution in [3.63, 3.8) is 0 Å². The maximum absolute atomic E-state index is 13.4. The lowest BCUT2D eigenvalue weighted by molar-refractivity contribution is 0.0974. The number of rotatable bonds is 3. The Morgan fingerprint density at radius 3 is 2.79 bits per heavy atom. The molecule has 0 radical (unpaired) electrons. The monoisotopic (exact) mass is 395 g/mol. The van der Waals surface area contributed by atoms with Gasteiger partial charge in [0.05, 0.1) is 11.3 Å². The van der Waals surface area contributed by atoms with E-state index in [2.05, 4.69) is 9.62 Å². The van der Waals surface area contributed by atoms with E-state index >= 15 is 0 Å². The molecule has 2 heterocycles. The molecule has 2 aromatic carbocycles. The highest BCUT2D eigenvalue weighted by atomic mass is 32.2. The molecule has 0 bridgehead atoms. The lowest BCUT2D eigenvalue weighted by Gasteiger charge is -2.21. The molecule has 0 fully saturated rings. The van der Waals surface area contributed by atoms with Gasteiger partial charge in [0.25, 0.3) is 5.91 Å². The van der Waals surface area contributed by atoms with Crippen LogP contribution in [0.15, 0.2) is 40.8 Å². The molecule has 0 atom stereocenters. The molecule has 0 saturated heterocycles. The molecule has 7 heteroatoms. The molecule has 28 heavy (non-hydrogen) atoms. The Labute approximate surface area is 166 Å². The lowest BCUT2D eigenvalue weighted by atomic mass is 10.0. The van der Waals surface area contributed by atoms with Gasteiger partial charge < -0.3 is 8.72 Å². The number of hydrogen-bond acceptors (Lipinski definition) is 5. The molecule has 0 saturated carbocycles. The number of nitrogens with one attached hydrogen (secondary N) is 1.